The van der Waals surface area contributed by atoms with Crippen LogP contribution < -0.4 is 5.32 Å². The Balaban J connectivity index is 1.81. The van der Waals surface area contributed by atoms with Crippen LogP contribution in [0.2, 0.25) is 0 Å². The van der Waals surface area contributed by atoms with Crippen LogP contribution in [0.1, 0.15) is 32.6 Å². The Bertz CT molecular complexity index is 100. The number of nitrogens with one attached hydrogen (secondary N) is 1. The molecule has 0 aromatic heterocycles. The van der Waals surface area contributed by atoms with E-state index in [1.807, 2.05) is 0 Å². The fourth-order valence-electron chi connectivity index (χ4n) is 1.56. The molecule has 1 heterocycles. The number of hydrogen-bond acceptors (Lipinski definition) is 2. The summed E-state index contributed by atoms with van der Waals surface area (Å²) in [5.41, 5.74) is 0. The zero-order chi connectivity index (χ0) is 8.65. The van der Waals surface area contributed by atoms with Crippen LogP contribution in [0.3, 0.4) is 0 Å². The van der Waals surface area contributed by atoms with Crippen LogP contribution in [0.15, 0.2) is 0 Å². The molecule has 1 aliphatic heterocycles. The SMILES string of the molecule is CCCCOCCC1CCNC1. The first kappa shape index (κ1) is 10.0. The van der Waals surface area contributed by atoms with Crippen LogP contribution in [0, 0.1) is 5.92 Å². The van der Waals surface area contributed by atoms with Gasteiger partial charge in [0.15, 0.2) is 0 Å². The van der Waals surface area contributed by atoms with E-state index in [0.29, 0.717) is 0 Å². The number of rotatable bonds is 6. The fraction of sp³-hybridized carbons (Fsp3) is 1.00. The molecule has 12 heavy (non-hydrogen) atoms. The van der Waals surface area contributed by atoms with Crippen molar-refractivity contribution in [3.05, 3.63) is 0 Å². The molecule has 1 rings (SSSR count). The molecular weight excluding hydrogens is 150 g/mol. The highest BCUT2D eigenvalue weighted by molar-refractivity contribution is 4.70. The van der Waals surface area contributed by atoms with E-state index in [4.69, 9.17) is 4.74 Å². The maximum Gasteiger partial charge on any atom is 0.0469 e. The van der Waals surface area contributed by atoms with E-state index in [1.165, 1.54) is 38.8 Å². The first-order chi connectivity index (χ1) is 5.93. The molecule has 1 atom stereocenters. The van der Waals surface area contributed by atoms with E-state index in [0.717, 1.165) is 19.1 Å². The van der Waals surface area contributed by atoms with Gasteiger partial charge in [-0.2, -0.15) is 0 Å². The van der Waals surface area contributed by atoms with Crippen LogP contribution in [0.25, 0.3) is 0 Å². The van der Waals surface area contributed by atoms with E-state index < -0.39 is 0 Å². The molecule has 0 aromatic rings. The van der Waals surface area contributed by atoms with Crippen molar-refractivity contribution in [3.63, 3.8) is 0 Å². The van der Waals surface area contributed by atoms with Gasteiger partial charge in [0.2, 0.25) is 0 Å². The van der Waals surface area contributed by atoms with Crippen molar-refractivity contribution in [2.24, 2.45) is 5.92 Å². The first-order valence-corrected chi connectivity index (χ1v) is 5.22. The lowest BCUT2D eigenvalue weighted by atomic mass is 10.1. The van der Waals surface area contributed by atoms with Gasteiger partial charge in [-0.3, -0.25) is 0 Å². The predicted molar refractivity (Wildman–Crippen MR) is 51.3 cm³/mol. The van der Waals surface area contributed by atoms with Crippen LogP contribution in [0.4, 0.5) is 0 Å². The molecule has 0 amide bonds. The Kier molecular flexibility index (Phi) is 5.37. The summed E-state index contributed by atoms with van der Waals surface area (Å²) in [5.74, 6) is 0.881. The zero-order valence-corrected chi connectivity index (χ0v) is 8.14. The van der Waals surface area contributed by atoms with Gasteiger partial charge in [0, 0.05) is 13.2 Å². The molecule has 1 unspecified atom stereocenters. The lowest BCUT2D eigenvalue weighted by molar-refractivity contribution is 0.119. The largest absolute Gasteiger partial charge is 0.381 e. The van der Waals surface area contributed by atoms with Crippen LogP contribution in [-0.4, -0.2) is 26.3 Å². The van der Waals surface area contributed by atoms with Crippen molar-refractivity contribution in [2.45, 2.75) is 32.6 Å². The molecule has 1 saturated heterocycles. The van der Waals surface area contributed by atoms with Crippen molar-refractivity contribution in [1.82, 2.24) is 5.32 Å². The molecule has 2 nitrogen and oxygen atoms in total. The van der Waals surface area contributed by atoms with Crippen LogP contribution >= 0.6 is 0 Å². The Morgan fingerprint density at radius 2 is 2.33 bits per heavy atom. The van der Waals surface area contributed by atoms with E-state index >= 15 is 0 Å². The number of unbranched alkanes of at least 4 members (excludes halogenated alkanes) is 1. The summed E-state index contributed by atoms with van der Waals surface area (Å²) in [6, 6.07) is 0. The molecule has 1 N–H and O–H groups in total. The van der Waals surface area contributed by atoms with Gasteiger partial charge in [-0.1, -0.05) is 13.3 Å². The molecule has 0 bridgehead atoms. The van der Waals surface area contributed by atoms with Crippen LogP contribution in [-0.2, 0) is 4.74 Å². The lowest BCUT2D eigenvalue weighted by Gasteiger charge is -2.07. The Labute approximate surface area is 75.7 Å². The molecular formula is C10H21NO. The fourth-order valence-corrected chi connectivity index (χ4v) is 1.56. The van der Waals surface area contributed by atoms with Crippen molar-refractivity contribution in [2.75, 3.05) is 26.3 Å². The minimum absolute atomic E-state index is 0.881. The van der Waals surface area contributed by atoms with Gasteiger partial charge in [-0.15, -0.1) is 0 Å². The Hall–Kier alpha value is -0.0800. The summed E-state index contributed by atoms with van der Waals surface area (Å²) in [7, 11) is 0. The lowest BCUT2D eigenvalue weighted by Crippen LogP contribution is -2.11. The van der Waals surface area contributed by atoms with E-state index in [9.17, 15) is 0 Å². The normalized spacial score (nSPS) is 23.2. The molecule has 0 radical (unpaired) electrons. The van der Waals surface area contributed by atoms with E-state index in [-0.39, 0.29) is 0 Å². The highest BCUT2D eigenvalue weighted by atomic mass is 16.5. The predicted octanol–water partition coefficient (Wildman–Crippen LogP) is 1.80. The molecule has 0 aromatic carbocycles. The second-order valence-corrected chi connectivity index (χ2v) is 3.61. The van der Waals surface area contributed by atoms with Gasteiger partial charge in [0.1, 0.15) is 0 Å². The third kappa shape index (κ3) is 4.07. The third-order valence-corrected chi connectivity index (χ3v) is 2.48. The summed E-state index contributed by atoms with van der Waals surface area (Å²) >= 11 is 0. The highest BCUT2D eigenvalue weighted by Crippen LogP contribution is 2.11. The van der Waals surface area contributed by atoms with Gasteiger partial charge in [-0.05, 0) is 38.3 Å². The smallest absolute Gasteiger partial charge is 0.0469 e. The summed E-state index contributed by atoms with van der Waals surface area (Å²) < 4.78 is 5.51. The van der Waals surface area contributed by atoms with Gasteiger partial charge < -0.3 is 10.1 Å². The standard InChI is InChI=1S/C10H21NO/c1-2-3-7-12-8-5-10-4-6-11-9-10/h10-11H,2-9H2,1H3. The number of ether oxygens (including phenoxy) is 1. The summed E-state index contributed by atoms with van der Waals surface area (Å²) in [5, 5.41) is 3.37. The molecule has 0 spiro atoms. The molecule has 1 aliphatic rings. The van der Waals surface area contributed by atoms with E-state index in [2.05, 4.69) is 12.2 Å². The molecule has 1 fully saturated rings. The van der Waals surface area contributed by atoms with Gasteiger partial charge >= 0.3 is 0 Å². The van der Waals surface area contributed by atoms with Crippen molar-refractivity contribution in [1.29, 1.82) is 0 Å². The highest BCUT2D eigenvalue weighted by Gasteiger charge is 2.13. The first-order valence-electron chi connectivity index (χ1n) is 5.22. The molecule has 0 aliphatic carbocycles. The van der Waals surface area contributed by atoms with Crippen molar-refractivity contribution < 1.29 is 4.74 Å². The average molecular weight is 171 g/mol. The average Bonchev–Trinajstić information content (AvgIpc) is 2.57. The second kappa shape index (κ2) is 6.44. The Morgan fingerprint density at radius 3 is 3.00 bits per heavy atom. The van der Waals surface area contributed by atoms with Gasteiger partial charge in [0.25, 0.3) is 0 Å². The topological polar surface area (TPSA) is 21.3 Å². The van der Waals surface area contributed by atoms with E-state index in [1.54, 1.807) is 0 Å². The monoisotopic (exact) mass is 171 g/mol. The van der Waals surface area contributed by atoms with Gasteiger partial charge in [-0.25, -0.2) is 0 Å². The minimum atomic E-state index is 0.881. The molecule has 2 heteroatoms. The van der Waals surface area contributed by atoms with Crippen molar-refractivity contribution in [3.8, 4) is 0 Å². The summed E-state index contributed by atoms with van der Waals surface area (Å²) in [6.07, 6.45) is 5.04. The third-order valence-electron chi connectivity index (χ3n) is 2.48. The zero-order valence-electron chi connectivity index (χ0n) is 8.14. The van der Waals surface area contributed by atoms with Crippen molar-refractivity contribution >= 4 is 0 Å². The summed E-state index contributed by atoms with van der Waals surface area (Å²) in [6.45, 7) is 6.53. The quantitative estimate of drug-likeness (QED) is 0.615. The maximum atomic E-state index is 5.51. The number of hydrogen-bond donors (Lipinski definition) is 1. The second-order valence-electron chi connectivity index (χ2n) is 3.61. The summed E-state index contributed by atoms with van der Waals surface area (Å²) in [4.78, 5) is 0. The maximum absolute atomic E-state index is 5.51. The molecule has 0 saturated carbocycles. The van der Waals surface area contributed by atoms with Gasteiger partial charge in [0.05, 0.1) is 0 Å². The Morgan fingerprint density at radius 1 is 1.42 bits per heavy atom. The van der Waals surface area contributed by atoms with Crippen LogP contribution in [0.5, 0.6) is 0 Å². The molecule has 72 valence electrons. The minimum Gasteiger partial charge on any atom is -0.381 e.